The summed E-state index contributed by atoms with van der Waals surface area (Å²) in [6.07, 6.45) is 12.0. The number of phenols is 1. The Hall–Kier alpha value is -1.44. The van der Waals surface area contributed by atoms with Crippen LogP contribution in [0.1, 0.15) is 103 Å². The molecule has 0 saturated carbocycles. The largest absolute Gasteiger partial charge is 0.507 e. The van der Waals surface area contributed by atoms with Crippen LogP contribution in [0.4, 0.5) is 0 Å². The van der Waals surface area contributed by atoms with Crippen molar-refractivity contribution in [2.24, 2.45) is 0 Å². The Morgan fingerprint density at radius 1 is 1.15 bits per heavy atom. The van der Waals surface area contributed by atoms with Crippen LogP contribution in [0.25, 0.3) is 0 Å². The zero-order valence-corrected chi connectivity index (χ0v) is 17.5. The predicted octanol–water partition coefficient (Wildman–Crippen LogP) is 7.25. The van der Waals surface area contributed by atoms with E-state index < -0.39 is 0 Å². The molecule has 1 aromatic rings. The van der Waals surface area contributed by atoms with Gasteiger partial charge in [-0.05, 0) is 62.6 Å². The lowest BCUT2D eigenvalue weighted by Gasteiger charge is -2.29. The smallest absolute Gasteiger partial charge is 0.127 e. The van der Waals surface area contributed by atoms with Gasteiger partial charge in [0.15, 0.2) is 0 Å². The number of unbranched alkanes of at least 4 members (excludes halogenated alkanes) is 3. The van der Waals surface area contributed by atoms with E-state index in [0.717, 1.165) is 24.2 Å². The quantitative estimate of drug-likeness (QED) is 0.372. The lowest BCUT2D eigenvalue weighted by molar-refractivity contribution is 0.327. The van der Waals surface area contributed by atoms with Crippen molar-refractivity contribution in [3.05, 3.63) is 34.9 Å². The van der Waals surface area contributed by atoms with Crippen molar-refractivity contribution in [2.45, 2.75) is 97.3 Å². The second-order valence-electron chi connectivity index (χ2n) is 8.55. The van der Waals surface area contributed by atoms with Crippen molar-refractivity contribution < 1.29 is 9.84 Å². The summed E-state index contributed by atoms with van der Waals surface area (Å²) < 4.78 is 6.00. The molecule has 0 aromatic heterocycles. The molecule has 2 heteroatoms. The number of hydrogen-bond donors (Lipinski definition) is 1. The lowest BCUT2D eigenvalue weighted by Crippen LogP contribution is -2.18. The molecule has 0 radical (unpaired) electrons. The molecule has 0 saturated heterocycles. The van der Waals surface area contributed by atoms with Gasteiger partial charge in [-0.2, -0.15) is 0 Å². The van der Waals surface area contributed by atoms with Gasteiger partial charge in [0.25, 0.3) is 0 Å². The van der Waals surface area contributed by atoms with E-state index in [-0.39, 0.29) is 11.3 Å². The van der Waals surface area contributed by atoms with Gasteiger partial charge in [0.05, 0.1) is 6.61 Å². The summed E-state index contributed by atoms with van der Waals surface area (Å²) in [5.41, 5.74) is 3.64. The van der Waals surface area contributed by atoms with Crippen molar-refractivity contribution in [2.75, 3.05) is 6.61 Å². The molecule has 2 nitrogen and oxygen atoms in total. The number of hydrogen-bond acceptors (Lipinski definition) is 2. The van der Waals surface area contributed by atoms with Crippen LogP contribution >= 0.6 is 0 Å². The van der Waals surface area contributed by atoms with E-state index in [2.05, 4.69) is 39.8 Å². The molecule has 1 atom stereocenters. The molecule has 0 aliphatic heterocycles. The maximum atomic E-state index is 10.9. The summed E-state index contributed by atoms with van der Waals surface area (Å²) in [4.78, 5) is 0. The summed E-state index contributed by atoms with van der Waals surface area (Å²) in [6, 6.07) is 4.19. The first kappa shape index (κ1) is 20.9. The van der Waals surface area contributed by atoms with Crippen LogP contribution in [-0.4, -0.2) is 11.7 Å². The Kier molecular flexibility index (Phi) is 7.61. The number of rotatable bonds is 9. The summed E-state index contributed by atoms with van der Waals surface area (Å²) in [5, 5.41) is 10.9. The molecule has 0 amide bonds. The molecule has 0 spiro atoms. The standard InChI is InChI=1S/C24H38O2/c1-6-8-9-10-14-24(4,5)20-16-21(25)23(22(17-20)26-7-2)19-13-11-12-18(3)15-19/h15-17,19,25H,6-14H2,1-5H3. The average Bonchev–Trinajstić information content (AvgIpc) is 2.58. The fourth-order valence-corrected chi connectivity index (χ4v) is 4.13. The highest BCUT2D eigenvalue weighted by atomic mass is 16.5. The van der Waals surface area contributed by atoms with Gasteiger partial charge in [-0.1, -0.05) is 58.1 Å². The van der Waals surface area contributed by atoms with Gasteiger partial charge >= 0.3 is 0 Å². The van der Waals surface area contributed by atoms with E-state index in [4.69, 9.17) is 4.74 Å². The number of ether oxygens (including phenoxy) is 1. The van der Waals surface area contributed by atoms with Gasteiger partial charge in [0.2, 0.25) is 0 Å². The van der Waals surface area contributed by atoms with Crippen molar-refractivity contribution in [1.29, 1.82) is 0 Å². The first-order chi connectivity index (χ1) is 12.4. The summed E-state index contributed by atoms with van der Waals surface area (Å²) >= 11 is 0. The monoisotopic (exact) mass is 358 g/mol. The fourth-order valence-electron chi connectivity index (χ4n) is 4.13. The van der Waals surface area contributed by atoms with Crippen LogP contribution in [-0.2, 0) is 5.41 Å². The zero-order chi connectivity index (χ0) is 19.2. The van der Waals surface area contributed by atoms with Gasteiger partial charge < -0.3 is 9.84 Å². The Balaban J connectivity index is 2.31. The number of aromatic hydroxyl groups is 1. The van der Waals surface area contributed by atoms with E-state index in [0.29, 0.717) is 12.4 Å². The predicted molar refractivity (Wildman–Crippen MR) is 111 cm³/mol. The molecule has 1 aliphatic carbocycles. The van der Waals surface area contributed by atoms with E-state index in [1.165, 1.54) is 49.7 Å². The molecule has 146 valence electrons. The van der Waals surface area contributed by atoms with Crippen LogP contribution in [0, 0.1) is 0 Å². The molecule has 1 unspecified atom stereocenters. The first-order valence-electron chi connectivity index (χ1n) is 10.6. The Bertz CT molecular complexity index is 613. The zero-order valence-electron chi connectivity index (χ0n) is 17.5. The van der Waals surface area contributed by atoms with E-state index in [1.807, 2.05) is 13.0 Å². The minimum atomic E-state index is 0.0495. The number of allylic oxidation sites excluding steroid dienone is 2. The highest BCUT2D eigenvalue weighted by molar-refractivity contribution is 5.52. The van der Waals surface area contributed by atoms with Crippen LogP contribution < -0.4 is 4.74 Å². The third kappa shape index (κ3) is 5.28. The van der Waals surface area contributed by atoms with Gasteiger partial charge in [-0.25, -0.2) is 0 Å². The van der Waals surface area contributed by atoms with Crippen LogP contribution in [0.2, 0.25) is 0 Å². The summed E-state index contributed by atoms with van der Waals surface area (Å²) in [5.74, 6) is 1.55. The van der Waals surface area contributed by atoms with Crippen molar-refractivity contribution in [3.8, 4) is 11.5 Å². The highest BCUT2D eigenvalue weighted by Crippen LogP contribution is 2.44. The molecule has 1 aliphatic rings. The number of benzene rings is 1. The Morgan fingerprint density at radius 2 is 1.92 bits per heavy atom. The third-order valence-corrected chi connectivity index (χ3v) is 5.80. The normalized spacial score (nSPS) is 17.9. The minimum Gasteiger partial charge on any atom is -0.507 e. The highest BCUT2D eigenvalue weighted by Gasteiger charge is 2.27. The molecule has 1 aromatic carbocycles. The Morgan fingerprint density at radius 3 is 2.58 bits per heavy atom. The maximum absolute atomic E-state index is 10.9. The number of phenolic OH excluding ortho intramolecular Hbond substituents is 1. The van der Waals surface area contributed by atoms with Crippen molar-refractivity contribution in [1.82, 2.24) is 0 Å². The van der Waals surface area contributed by atoms with Crippen LogP contribution in [0.15, 0.2) is 23.8 Å². The Labute approximate surface area is 160 Å². The molecule has 26 heavy (non-hydrogen) atoms. The van der Waals surface area contributed by atoms with Gasteiger partial charge in [0, 0.05) is 11.5 Å². The first-order valence-corrected chi connectivity index (χ1v) is 10.6. The molecular formula is C24H38O2. The maximum Gasteiger partial charge on any atom is 0.127 e. The molecular weight excluding hydrogens is 320 g/mol. The topological polar surface area (TPSA) is 29.5 Å². The second-order valence-corrected chi connectivity index (χ2v) is 8.55. The molecule has 0 heterocycles. The van der Waals surface area contributed by atoms with Crippen LogP contribution in [0.5, 0.6) is 11.5 Å². The molecule has 0 bridgehead atoms. The van der Waals surface area contributed by atoms with Crippen molar-refractivity contribution in [3.63, 3.8) is 0 Å². The molecule has 0 fully saturated rings. The third-order valence-electron chi connectivity index (χ3n) is 5.80. The second kappa shape index (κ2) is 9.48. The summed E-state index contributed by atoms with van der Waals surface area (Å²) in [7, 11) is 0. The SMILES string of the molecule is CCCCCCC(C)(C)c1cc(O)c(C2C=C(C)CCC2)c(OCC)c1. The van der Waals surface area contributed by atoms with E-state index in [9.17, 15) is 5.11 Å². The van der Waals surface area contributed by atoms with Gasteiger partial charge in [0.1, 0.15) is 11.5 Å². The minimum absolute atomic E-state index is 0.0495. The average molecular weight is 359 g/mol. The van der Waals surface area contributed by atoms with Gasteiger partial charge in [-0.3, -0.25) is 0 Å². The summed E-state index contributed by atoms with van der Waals surface area (Å²) in [6.45, 7) is 11.7. The van der Waals surface area contributed by atoms with Gasteiger partial charge in [-0.15, -0.1) is 0 Å². The lowest BCUT2D eigenvalue weighted by atomic mass is 9.78. The fraction of sp³-hybridized carbons (Fsp3) is 0.667. The van der Waals surface area contributed by atoms with Crippen LogP contribution in [0.3, 0.4) is 0 Å². The molecule has 1 N–H and O–H groups in total. The van der Waals surface area contributed by atoms with E-state index in [1.54, 1.807) is 0 Å². The van der Waals surface area contributed by atoms with E-state index >= 15 is 0 Å². The van der Waals surface area contributed by atoms with Crippen molar-refractivity contribution >= 4 is 0 Å². The molecule has 2 rings (SSSR count).